The smallest absolute Gasteiger partial charge is 0.127 e. The molecule has 0 aliphatic carbocycles. The molecule has 0 aliphatic heterocycles. The highest BCUT2D eigenvalue weighted by atomic mass is 19.1. The number of rotatable bonds is 4. The third kappa shape index (κ3) is 3.30. The first-order chi connectivity index (χ1) is 16.2. The second kappa shape index (κ2) is 7.56. The fourth-order valence-electron chi connectivity index (χ4n) is 4.15. The Morgan fingerprint density at radius 1 is 0.848 bits per heavy atom. The molecule has 0 unspecified atom stereocenters. The van der Waals surface area contributed by atoms with Crippen LogP contribution in [0.15, 0.2) is 79.1 Å². The number of H-pyrrole nitrogens is 2. The van der Waals surface area contributed by atoms with Crippen molar-refractivity contribution < 1.29 is 9.13 Å². The molecule has 2 N–H and O–H groups in total. The van der Waals surface area contributed by atoms with Crippen LogP contribution in [0.25, 0.3) is 55.7 Å². The number of hydrogen-bond donors (Lipinski definition) is 2. The summed E-state index contributed by atoms with van der Waals surface area (Å²) in [5.74, 6) is 0.135. The molecule has 2 aromatic carbocycles. The van der Waals surface area contributed by atoms with Crippen LogP contribution in [0.3, 0.4) is 0 Å². The number of nitrogens with zero attached hydrogens (tertiary/aromatic N) is 3. The third-order valence-corrected chi connectivity index (χ3v) is 5.71. The molecular formula is C26H18FN5O. The number of ether oxygens (including phenoxy) is 1. The minimum absolute atomic E-state index is 0.343. The zero-order chi connectivity index (χ0) is 22.4. The molecule has 6 nitrogen and oxygen atoms in total. The maximum Gasteiger partial charge on any atom is 0.127 e. The van der Waals surface area contributed by atoms with E-state index >= 15 is 0 Å². The predicted octanol–water partition coefficient (Wildman–Crippen LogP) is 5.98. The van der Waals surface area contributed by atoms with Gasteiger partial charge in [0.2, 0.25) is 0 Å². The Balaban J connectivity index is 1.50. The lowest BCUT2D eigenvalue weighted by atomic mass is 10.0. The molecule has 0 amide bonds. The molecular weight excluding hydrogens is 417 g/mol. The monoisotopic (exact) mass is 435 g/mol. The number of benzene rings is 2. The van der Waals surface area contributed by atoms with Crippen LogP contribution in [0, 0.1) is 5.82 Å². The maximum absolute atomic E-state index is 14.2. The number of fused-ring (bicyclic) bond motifs is 2. The Hall–Kier alpha value is -4.52. The van der Waals surface area contributed by atoms with Gasteiger partial charge in [0.05, 0.1) is 35.9 Å². The summed E-state index contributed by atoms with van der Waals surface area (Å²) in [4.78, 5) is 12.4. The molecule has 160 valence electrons. The molecule has 7 heteroatoms. The summed E-state index contributed by atoms with van der Waals surface area (Å²) in [6.07, 6.45) is 3.51. The van der Waals surface area contributed by atoms with Crippen LogP contribution in [-0.4, -0.2) is 32.3 Å². The van der Waals surface area contributed by atoms with Gasteiger partial charge in [-0.1, -0.05) is 18.2 Å². The molecule has 4 heterocycles. The zero-order valence-corrected chi connectivity index (χ0v) is 17.6. The van der Waals surface area contributed by atoms with E-state index in [0.717, 1.165) is 55.7 Å². The topological polar surface area (TPSA) is 79.5 Å². The lowest BCUT2D eigenvalue weighted by Crippen LogP contribution is -1.87. The summed E-state index contributed by atoms with van der Waals surface area (Å²) >= 11 is 0. The molecule has 0 aliphatic rings. The lowest BCUT2D eigenvalue weighted by molar-refractivity contribution is 0.411. The van der Waals surface area contributed by atoms with Crippen LogP contribution in [0.2, 0.25) is 0 Å². The average Bonchev–Trinajstić information content (AvgIpc) is 3.47. The van der Waals surface area contributed by atoms with E-state index < -0.39 is 0 Å². The van der Waals surface area contributed by atoms with E-state index in [1.807, 2.05) is 54.6 Å². The summed E-state index contributed by atoms with van der Waals surface area (Å²) in [5.41, 5.74) is 6.62. The van der Waals surface area contributed by atoms with Gasteiger partial charge >= 0.3 is 0 Å². The van der Waals surface area contributed by atoms with Gasteiger partial charge in [0, 0.05) is 28.6 Å². The standard InChI is InChI=1S/C26H18FN5O/c1-33-17-10-15(9-16(27)11-17)18-5-4-7-21-19(18)12-24(30-21)26-20-13-23(22-6-2-3-8-28-22)29-14-25(20)31-32-26/h2-14,30H,1H3,(H,31,32). The first kappa shape index (κ1) is 19.2. The number of nitrogens with one attached hydrogen (secondary N) is 2. The highest BCUT2D eigenvalue weighted by Gasteiger charge is 2.15. The van der Waals surface area contributed by atoms with E-state index in [2.05, 4.69) is 25.1 Å². The highest BCUT2D eigenvalue weighted by molar-refractivity contribution is 6.01. The lowest BCUT2D eigenvalue weighted by Gasteiger charge is -2.07. The summed E-state index contributed by atoms with van der Waals surface area (Å²) in [7, 11) is 1.53. The Kier molecular flexibility index (Phi) is 4.40. The summed E-state index contributed by atoms with van der Waals surface area (Å²) < 4.78 is 19.4. The first-order valence-corrected chi connectivity index (χ1v) is 10.4. The van der Waals surface area contributed by atoms with Crippen LogP contribution in [0.5, 0.6) is 5.75 Å². The van der Waals surface area contributed by atoms with Crippen LogP contribution in [0.1, 0.15) is 0 Å². The van der Waals surface area contributed by atoms with Gasteiger partial charge in [0.25, 0.3) is 0 Å². The van der Waals surface area contributed by atoms with Crippen molar-refractivity contribution in [2.75, 3.05) is 7.11 Å². The largest absolute Gasteiger partial charge is 0.497 e. The van der Waals surface area contributed by atoms with Gasteiger partial charge in [-0.15, -0.1) is 0 Å². The molecule has 0 saturated heterocycles. The van der Waals surface area contributed by atoms with Crippen molar-refractivity contribution in [1.82, 2.24) is 25.1 Å². The first-order valence-electron chi connectivity index (χ1n) is 10.4. The van der Waals surface area contributed by atoms with Gasteiger partial charge in [-0.25, -0.2) is 4.39 Å². The van der Waals surface area contributed by atoms with E-state index in [9.17, 15) is 4.39 Å². The van der Waals surface area contributed by atoms with E-state index in [0.29, 0.717) is 5.75 Å². The zero-order valence-electron chi connectivity index (χ0n) is 17.6. The van der Waals surface area contributed by atoms with Crippen molar-refractivity contribution in [3.63, 3.8) is 0 Å². The number of pyridine rings is 2. The molecule has 6 rings (SSSR count). The molecule has 0 saturated carbocycles. The average molecular weight is 435 g/mol. The van der Waals surface area contributed by atoms with Gasteiger partial charge in [-0.05, 0) is 53.6 Å². The molecule has 0 atom stereocenters. The van der Waals surface area contributed by atoms with Crippen LogP contribution < -0.4 is 4.74 Å². The quantitative estimate of drug-likeness (QED) is 0.357. The predicted molar refractivity (Wildman–Crippen MR) is 126 cm³/mol. The van der Waals surface area contributed by atoms with Gasteiger partial charge in [-0.3, -0.25) is 15.1 Å². The van der Waals surface area contributed by atoms with Crippen LogP contribution in [-0.2, 0) is 0 Å². The Morgan fingerprint density at radius 2 is 1.79 bits per heavy atom. The summed E-state index contributed by atoms with van der Waals surface area (Å²) in [6.45, 7) is 0. The Morgan fingerprint density at radius 3 is 2.64 bits per heavy atom. The molecule has 0 bridgehead atoms. The van der Waals surface area contributed by atoms with Crippen molar-refractivity contribution in [2.24, 2.45) is 0 Å². The van der Waals surface area contributed by atoms with Crippen molar-refractivity contribution >= 4 is 21.8 Å². The Bertz CT molecular complexity index is 1620. The molecule has 0 radical (unpaired) electrons. The fraction of sp³-hybridized carbons (Fsp3) is 0.0385. The number of aromatic amines is 2. The molecule has 6 aromatic rings. The maximum atomic E-state index is 14.2. The van der Waals surface area contributed by atoms with E-state index in [1.165, 1.54) is 19.2 Å². The minimum atomic E-state index is -0.343. The van der Waals surface area contributed by atoms with Gasteiger partial charge in [0.15, 0.2) is 0 Å². The van der Waals surface area contributed by atoms with Crippen molar-refractivity contribution in [1.29, 1.82) is 0 Å². The summed E-state index contributed by atoms with van der Waals surface area (Å²) in [5, 5.41) is 9.51. The SMILES string of the molecule is COc1cc(F)cc(-c2cccc3[nH]c(-c4n[nH]c5cnc(-c6ccccn6)cc45)cc23)c1. The van der Waals surface area contributed by atoms with Crippen molar-refractivity contribution in [2.45, 2.75) is 0 Å². The second-order valence-corrected chi connectivity index (χ2v) is 7.73. The van der Waals surface area contributed by atoms with E-state index in [1.54, 1.807) is 12.4 Å². The summed E-state index contributed by atoms with van der Waals surface area (Å²) in [6, 6.07) is 20.4. The normalized spacial score (nSPS) is 11.3. The Labute approximate surface area is 188 Å². The molecule has 0 fully saturated rings. The molecule has 33 heavy (non-hydrogen) atoms. The molecule has 0 spiro atoms. The van der Waals surface area contributed by atoms with Crippen LogP contribution >= 0.6 is 0 Å². The van der Waals surface area contributed by atoms with Crippen molar-refractivity contribution in [3.05, 3.63) is 84.9 Å². The van der Waals surface area contributed by atoms with Gasteiger partial charge in [-0.2, -0.15) is 5.10 Å². The minimum Gasteiger partial charge on any atom is -0.497 e. The number of methoxy groups -OCH3 is 1. The third-order valence-electron chi connectivity index (χ3n) is 5.71. The van der Waals surface area contributed by atoms with Crippen molar-refractivity contribution in [3.8, 4) is 39.7 Å². The van der Waals surface area contributed by atoms with Gasteiger partial charge < -0.3 is 9.72 Å². The van der Waals surface area contributed by atoms with Gasteiger partial charge in [0.1, 0.15) is 17.3 Å². The number of halogens is 1. The number of aromatic nitrogens is 5. The second-order valence-electron chi connectivity index (χ2n) is 7.73. The highest BCUT2D eigenvalue weighted by Crippen LogP contribution is 2.36. The molecule has 4 aromatic heterocycles. The van der Waals surface area contributed by atoms with E-state index in [4.69, 9.17) is 4.74 Å². The van der Waals surface area contributed by atoms with E-state index in [-0.39, 0.29) is 5.82 Å². The fourth-order valence-corrected chi connectivity index (χ4v) is 4.15. The van der Waals surface area contributed by atoms with Crippen LogP contribution in [0.4, 0.5) is 4.39 Å². The number of hydrogen-bond acceptors (Lipinski definition) is 4.